The van der Waals surface area contributed by atoms with Gasteiger partial charge in [0.15, 0.2) is 5.13 Å². The van der Waals surface area contributed by atoms with Gasteiger partial charge in [0.25, 0.3) is 5.91 Å². The molecule has 0 radical (unpaired) electrons. The van der Waals surface area contributed by atoms with E-state index in [2.05, 4.69) is 15.3 Å². The molecule has 3 aromatic rings. The number of anilines is 1. The highest BCUT2D eigenvalue weighted by Gasteiger charge is 2.12. The molecular weight excluding hydrogens is 357 g/mol. The summed E-state index contributed by atoms with van der Waals surface area (Å²) in [6, 6.07) is 7.86. The Kier molecular flexibility index (Phi) is 4.47. The van der Waals surface area contributed by atoms with Crippen LogP contribution in [-0.2, 0) is 0 Å². The highest BCUT2D eigenvalue weighted by molar-refractivity contribution is 7.14. The Balaban J connectivity index is 1.80. The monoisotopic (exact) mass is 365 g/mol. The molecule has 0 spiro atoms. The summed E-state index contributed by atoms with van der Waals surface area (Å²) in [5.41, 5.74) is 1.45. The molecule has 0 aliphatic carbocycles. The van der Waals surface area contributed by atoms with E-state index in [1.165, 1.54) is 29.7 Å². The first-order chi connectivity index (χ1) is 11.0. The summed E-state index contributed by atoms with van der Waals surface area (Å²) >= 11 is 13.3. The van der Waals surface area contributed by atoms with Gasteiger partial charge in [0.2, 0.25) is 5.56 Å². The number of nitrogens with one attached hydrogen (secondary N) is 2. The van der Waals surface area contributed by atoms with Gasteiger partial charge in [-0.15, -0.1) is 11.3 Å². The summed E-state index contributed by atoms with van der Waals surface area (Å²) in [5, 5.41) is 5.93. The van der Waals surface area contributed by atoms with E-state index in [0.717, 1.165) is 5.56 Å². The number of benzene rings is 1. The van der Waals surface area contributed by atoms with E-state index in [1.807, 2.05) is 0 Å². The number of thiazole rings is 1. The summed E-state index contributed by atoms with van der Waals surface area (Å²) < 4.78 is 0. The second-order valence-corrected chi connectivity index (χ2v) is 6.26. The van der Waals surface area contributed by atoms with Crippen LogP contribution in [0.15, 0.2) is 46.7 Å². The molecule has 0 saturated carbocycles. The number of hydrogen-bond donors (Lipinski definition) is 2. The Morgan fingerprint density at radius 1 is 1.22 bits per heavy atom. The third kappa shape index (κ3) is 3.61. The van der Waals surface area contributed by atoms with Crippen LogP contribution in [0.4, 0.5) is 5.13 Å². The van der Waals surface area contributed by atoms with Crippen LogP contribution in [0.25, 0.3) is 11.3 Å². The van der Waals surface area contributed by atoms with Crippen LogP contribution in [0.1, 0.15) is 10.4 Å². The maximum absolute atomic E-state index is 12.1. The standard InChI is InChI=1S/C15H9Cl2N3O2S/c16-9-2-3-10(11(17)5-9)12-7-23-15(19-12)20-14(22)8-1-4-13(21)18-6-8/h1-7H,(H,18,21)(H,19,20,22). The largest absolute Gasteiger partial charge is 0.328 e. The zero-order chi connectivity index (χ0) is 16.4. The van der Waals surface area contributed by atoms with Crippen molar-refractivity contribution in [2.75, 3.05) is 5.32 Å². The van der Waals surface area contributed by atoms with Crippen molar-refractivity contribution in [2.24, 2.45) is 0 Å². The average molecular weight is 366 g/mol. The summed E-state index contributed by atoms with van der Waals surface area (Å²) in [5.74, 6) is -0.357. The van der Waals surface area contributed by atoms with Crippen LogP contribution in [0.5, 0.6) is 0 Å². The fraction of sp³-hybridized carbons (Fsp3) is 0. The van der Waals surface area contributed by atoms with Gasteiger partial charge < -0.3 is 4.98 Å². The van der Waals surface area contributed by atoms with E-state index >= 15 is 0 Å². The Hall–Kier alpha value is -2.15. The topological polar surface area (TPSA) is 74.8 Å². The normalized spacial score (nSPS) is 10.5. The van der Waals surface area contributed by atoms with E-state index < -0.39 is 0 Å². The van der Waals surface area contributed by atoms with Gasteiger partial charge in [-0.25, -0.2) is 4.98 Å². The number of carbonyl (C=O) groups is 1. The van der Waals surface area contributed by atoms with Crippen molar-refractivity contribution in [1.82, 2.24) is 9.97 Å². The number of aromatic nitrogens is 2. The molecular formula is C15H9Cl2N3O2S. The van der Waals surface area contributed by atoms with Crippen LogP contribution in [0, 0.1) is 0 Å². The smallest absolute Gasteiger partial charge is 0.258 e. The molecule has 0 aliphatic rings. The lowest BCUT2D eigenvalue weighted by molar-refractivity contribution is 0.102. The Morgan fingerprint density at radius 2 is 2.04 bits per heavy atom. The van der Waals surface area contributed by atoms with Crippen LogP contribution in [-0.4, -0.2) is 15.9 Å². The molecule has 0 aliphatic heterocycles. The van der Waals surface area contributed by atoms with Crippen molar-refractivity contribution in [3.63, 3.8) is 0 Å². The summed E-state index contributed by atoms with van der Waals surface area (Å²) in [4.78, 5) is 29.9. The summed E-state index contributed by atoms with van der Waals surface area (Å²) in [6.07, 6.45) is 1.35. The maximum atomic E-state index is 12.1. The molecule has 2 aromatic heterocycles. The molecule has 0 fully saturated rings. The fourth-order valence-corrected chi connectivity index (χ4v) is 3.08. The fourth-order valence-electron chi connectivity index (χ4n) is 1.87. The van der Waals surface area contributed by atoms with Gasteiger partial charge in [-0.05, 0) is 24.3 Å². The lowest BCUT2D eigenvalue weighted by Gasteiger charge is -2.02. The minimum atomic E-state index is -0.357. The van der Waals surface area contributed by atoms with Gasteiger partial charge in [-0.3, -0.25) is 14.9 Å². The lowest BCUT2D eigenvalue weighted by atomic mass is 10.2. The maximum Gasteiger partial charge on any atom is 0.258 e. The summed E-state index contributed by atoms with van der Waals surface area (Å²) in [7, 11) is 0. The SMILES string of the molecule is O=C(Nc1nc(-c2ccc(Cl)cc2Cl)cs1)c1ccc(=O)[nH]c1. The number of H-pyrrole nitrogens is 1. The third-order valence-electron chi connectivity index (χ3n) is 2.98. The molecule has 1 aromatic carbocycles. The van der Waals surface area contributed by atoms with E-state index in [0.29, 0.717) is 26.4 Å². The summed E-state index contributed by atoms with van der Waals surface area (Å²) in [6.45, 7) is 0. The van der Waals surface area contributed by atoms with Crippen molar-refractivity contribution < 1.29 is 4.79 Å². The number of halogens is 2. The van der Waals surface area contributed by atoms with Crippen molar-refractivity contribution in [3.8, 4) is 11.3 Å². The Morgan fingerprint density at radius 3 is 2.74 bits per heavy atom. The molecule has 5 nitrogen and oxygen atoms in total. The van der Waals surface area contributed by atoms with E-state index in [-0.39, 0.29) is 11.5 Å². The van der Waals surface area contributed by atoms with Gasteiger partial charge in [0.1, 0.15) is 0 Å². The number of aromatic amines is 1. The Labute approximate surface area is 144 Å². The van der Waals surface area contributed by atoms with Gasteiger partial charge in [0, 0.05) is 28.2 Å². The number of hydrogen-bond acceptors (Lipinski definition) is 4. The zero-order valence-corrected chi connectivity index (χ0v) is 13.8. The average Bonchev–Trinajstić information content (AvgIpc) is 2.96. The third-order valence-corrected chi connectivity index (χ3v) is 4.28. The molecule has 0 bridgehead atoms. The van der Waals surface area contributed by atoms with Crippen molar-refractivity contribution in [3.05, 3.63) is 67.9 Å². The number of rotatable bonds is 3. The van der Waals surface area contributed by atoms with Gasteiger partial charge in [0.05, 0.1) is 16.3 Å². The predicted octanol–water partition coefficient (Wildman–Crippen LogP) is 4.06. The second-order valence-electron chi connectivity index (χ2n) is 4.56. The first-order valence-electron chi connectivity index (χ1n) is 6.44. The lowest BCUT2D eigenvalue weighted by Crippen LogP contribution is -2.14. The van der Waals surface area contributed by atoms with Crippen LogP contribution in [0.2, 0.25) is 10.0 Å². The molecule has 2 N–H and O–H groups in total. The van der Waals surface area contributed by atoms with Gasteiger partial charge in [-0.2, -0.15) is 0 Å². The van der Waals surface area contributed by atoms with E-state index in [9.17, 15) is 9.59 Å². The molecule has 2 heterocycles. The van der Waals surface area contributed by atoms with Gasteiger partial charge >= 0.3 is 0 Å². The minimum Gasteiger partial charge on any atom is -0.328 e. The second kappa shape index (κ2) is 6.54. The molecule has 23 heavy (non-hydrogen) atoms. The highest BCUT2D eigenvalue weighted by atomic mass is 35.5. The van der Waals surface area contributed by atoms with Crippen LogP contribution >= 0.6 is 34.5 Å². The zero-order valence-electron chi connectivity index (χ0n) is 11.5. The van der Waals surface area contributed by atoms with Crippen LogP contribution < -0.4 is 10.9 Å². The minimum absolute atomic E-state index is 0.268. The molecule has 1 amide bonds. The Bertz CT molecular complexity index is 916. The number of amides is 1. The highest BCUT2D eigenvalue weighted by Crippen LogP contribution is 2.32. The first-order valence-corrected chi connectivity index (χ1v) is 8.07. The quantitative estimate of drug-likeness (QED) is 0.734. The van der Waals surface area contributed by atoms with Crippen molar-refractivity contribution in [1.29, 1.82) is 0 Å². The molecule has 0 atom stereocenters. The van der Waals surface area contributed by atoms with Gasteiger partial charge in [-0.1, -0.05) is 23.2 Å². The molecule has 8 heteroatoms. The number of pyridine rings is 1. The van der Waals surface area contributed by atoms with E-state index in [1.54, 1.807) is 23.6 Å². The number of nitrogens with zero attached hydrogens (tertiary/aromatic N) is 1. The molecule has 3 rings (SSSR count). The van der Waals surface area contributed by atoms with E-state index in [4.69, 9.17) is 23.2 Å². The molecule has 116 valence electrons. The van der Waals surface area contributed by atoms with Crippen LogP contribution in [0.3, 0.4) is 0 Å². The predicted molar refractivity (Wildman–Crippen MR) is 92.6 cm³/mol. The molecule has 0 unspecified atom stereocenters. The van der Waals surface area contributed by atoms with Crippen molar-refractivity contribution >= 4 is 45.6 Å². The molecule has 0 saturated heterocycles. The first kappa shape index (κ1) is 15.7. The number of carbonyl (C=O) groups excluding carboxylic acids is 1. The van der Waals surface area contributed by atoms with Crippen molar-refractivity contribution in [2.45, 2.75) is 0 Å².